The van der Waals surface area contributed by atoms with Crippen molar-refractivity contribution in [3.8, 4) is 11.4 Å². The lowest BCUT2D eigenvalue weighted by molar-refractivity contribution is 0.380. The van der Waals surface area contributed by atoms with Crippen LogP contribution in [0.15, 0.2) is 0 Å². The molecule has 0 aliphatic heterocycles. The zero-order valence-corrected chi connectivity index (χ0v) is 8.68. The normalized spacial score (nSPS) is 10.8. The molecule has 2 rings (SSSR count). The SMILES string of the molecule is Cc1nnc(-c2c(F)c(F)c(F)c(F)c2F)nn1. The standard InChI is InChI=1S/C9H3F5N4/c1-2-15-17-9(18-16-2)3-4(10)6(12)8(14)7(13)5(3)11/h1H3. The maximum absolute atomic E-state index is 13.3. The highest BCUT2D eigenvalue weighted by Crippen LogP contribution is 2.28. The highest BCUT2D eigenvalue weighted by atomic mass is 19.2. The van der Waals surface area contributed by atoms with E-state index < -0.39 is 40.5 Å². The second-order valence-corrected chi connectivity index (χ2v) is 3.22. The number of hydrogen-bond donors (Lipinski definition) is 0. The monoisotopic (exact) mass is 262 g/mol. The summed E-state index contributed by atoms with van der Waals surface area (Å²) >= 11 is 0. The van der Waals surface area contributed by atoms with Gasteiger partial charge in [-0.05, 0) is 6.92 Å². The van der Waals surface area contributed by atoms with Crippen molar-refractivity contribution in [3.63, 3.8) is 0 Å². The molecule has 0 atom stereocenters. The van der Waals surface area contributed by atoms with Gasteiger partial charge in [-0.15, -0.1) is 20.4 Å². The number of halogens is 5. The van der Waals surface area contributed by atoms with Crippen LogP contribution in [-0.2, 0) is 0 Å². The van der Waals surface area contributed by atoms with Crippen molar-refractivity contribution in [2.45, 2.75) is 6.92 Å². The smallest absolute Gasteiger partial charge is 0.203 e. The molecular weight excluding hydrogens is 259 g/mol. The molecule has 1 aromatic heterocycles. The first kappa shape index (κ1) is 12.3. The zero-order chi connectivity index (χ0) is 13.4. The summed E-state index contributed by atoms with van der Waals surface area (Å²) in [4.78, 5) is 0. The molecule has 0 radical (unpaired) electrons. The Morgan fingerprint density at radius 2 is 1.00 bits per heavy atom. The van der Waals surface area contributed by atoms with Gasteiger partial charge in [0.2, 0.25) is 11.6 Å². The van der Waals surface area contributed by atoms with Crippen molar-refractivity contribution in [1.29, 1.82) is 0 Å². The van der Waals surface area contributed by atoms with E-state index in [0.717, 1.165) is 0 Å². The van der Waals surface area contributed by atoms with Gasteiger partial charge in [-0.3, -0.25) is 0 Å². The molecule has 1 aromatic carbocycles. The quantitative estimate of drug-likeness (QED) is 0.447. The number of hydrogen-bond acceptors (Lipinski definition) is 4. The van der Waals surface area contributed by atoms with Crippen LogP contribution in [0.3, 0.4) is 0 Å². The Morgan fingerprint density at radius 3 is 1.44 bits per heavy atom. The summed E-state index contributed by atoms with van der Waals surface area (Å²) in [6.45, 7) is 1.39. The van der Waals surface area contributed by atoms with Crippen LogP contribution in [0.4, 0.5) is 22.0 Å². The summed E-state index contributed by atoms with van der Waals surface area (Å²) in [6, 6.07) is 0. The molecule has 0 N–H and O–H groups in total. The minimum Gasteiger partial charge on any atom is -0.203 e. The van der Waals surface area contributed by atoms with Crippen LogP contribution in [0.25, 0.3) is 11.4 Å². The first-order chi connectivity index (χ1) is 8.43. The first-order valence-electron chi connectivity index (χ1n) is 4.49. The molecule has 0 saturated carbocycles. The van der Waals surface area contributed by atoms with Crippen molar-refractivity contribution in [2.75, 3.05) is 0 Å². The number of rotatable bonds is 1. The molecular formula is C9H3F5N4. The predicted molar refractivity (Wildman–Crippen MR) is 47.6 cm³/mol. The van der Waals surface area contributed by atoms with E-state index in [2.05, 4.69) is 20.4 Å². The van der Waals surface area contributed by atoms with Crippen molar-refractivity contribution < 1.29 is 22.0 Å². The maximum Gasteiger partial charge on any atom is 0.209 e. The van der Waals surface area contributed by atoms with Crippen LogP contribution >= 0.6 is 0 Å². The lowest BCUT2D eigenvalue weighted by Gasteiger charge is -2.05. The number of nitrogens with zero attached hydrogens (tertiary/aromatic N) is 4. The van der Waals surface area contributed by atoms with E-state index in [-0.39, 0.29) is 5.82 Å². The zero-order valence-electron chi connectivity index (χ0n) is 8.68. The molecule has 2 aromatic rings. The molecule has 4 nitrogen and oxygen atoms in total. The Labute approximate surface area is 96.5 Å². The predicted octanol–water partition coefficient (Wildman–Crippen LogP) is 1.94. The van der Waals surface area contributed by atoms with Crippen LogP contribution in [0.1, 0.15) is 5.82 Å². The van der Waals surface area contributed by atoms with Gasteiger partial charge in [0.25, 0.3) is 0 Å². The molecule has 0 aliphatic carbocycles. The Kier molecular flexibility index (Phi) is 2.89. The number of aryl methyl sites for hydroxylation is 1. The maximum atomic E-state index is 13.3. The number of aromatic nitrogens is 4. The largest absolute Gasteiger partial charge is 0.209 e. The number of benzene rings is 1. The summed E-state index contributed by atoms with van der Waals surface area (Å²) in [7, 11) is 0. The van der Waals surface area contributed by atoms with Gasteiger partial charge < -0.3 is 0 Å². The van der Waals surface area contributed by atoms with Crippen molar-refractivity contribution in [2.24, 2.45) is 0 Å². The summed E-state index contributed by atoms with van der Waals surface area (Å²) in [5.74, 6) is -11.2. The Balaban J connectivity index is 2.75. The fraction of sp³-hybridized carbons (Fsp3) is 0.111. The molecule has 9 heteroatoms. The third-order valence-corrected chi connectivity index (χ3v) is 2.01. The summed E-state index contributed by atoms with van der Waals surface area (Å²) in [5.41, 5.74) is -1.26. The Morgan fingerprint density at radius 1 is 0.611 bits per heavy atom. The Hall–Kier alpha value is -2.19. The van der Waals surface area contributed by atoms with Crippen LogP contribution in [0, 0.1) is 36.0 Å². The molecule has 0 saturated heterocycles. The van der Waals surface area contributed by atoms with Gasteiger partial charge in [-0.2, -0.15) is 0 Å². The van der Waals surface area contributed by atoms with Gasteiger partial charge in [-0.25, -0.2) is 22.0 Å². The van der Waals surface area contributed by atoms with Crippen molar-refractivity contribution in [1.82, 2.24) is 20.4 Å². The minimum absolute atomic E-state index is 0.0858. The minimum atomic E-state index is -2.25. The highest BCUT2D eigenvalue weighted by Gasteiger charge is 2.28. The second-order valence-electron chi connectivity index (χ2n) is 3.22. The lowest BCUT2D eigenvalue weighted by Crippen LogP contribution is -2.08. The van der Waals surface area contributed by atoms with Crippen LogP contribution < -0.4 is 0 Å². The molecule has 0 spiro atoms. The molecule has 1 heterocycles. The van der Waals surface area contributed by atoms with E-state index in [0.29, 0.717) is 0 Å². The third kappa shape index (κ3) is 1.77. The molecule has 0 bridgehead atoms. The van der Waals surface area contributed by atoms with Crippen molar-refractivity contribution >= 4 is 0 Å². The van der Waals surface area contributed by atoms with Crippen molar-refractivity contribution in [3.05, 3.63) is 34.9 Å². The molecule has 0 fully saturated rings. The molecule has 0 amide bonds. The van der Waals surface area contributed by atoms with Crippen LogP contribution in [-0.4, -0.2) is 20.4 Å². The van der Waals surface area contributed by atoms with E-state index in [9.17, 15) is 22.0 Å². The van der Waals surface area contributed by atoms with E-state index in [1.165, 1.54) is 6.92 Å². The first-order valence-corrected chi connectivity index (χ1v) is 4.49. The van der Waals surface area contributed by atoms with Crippen LogP contribution in [0.2, 0.25) is 0 Å². The van der Waals surface area contributed by atoms with Gasteiger partial charge >= 0.3 is 0 Å². The third-order valence-electron chi connectivity index (χ3n) is 2.01. The van der Waals surface area contributed by atoms with E-state index in [1.807, 2.05) is 0 Å². The van der Waals surface area contributed by atoms with Gasteiger partial charge in [0, 0.05) is 0 Å². The fourth-order valence-corrected chi connectivity index (χ4v) is 1.18. The van der Waals surface area contributed by atoms with Gasteiger partial charge in [0.05, 0.1) is 0 Å². The molecule has 94 valence electrons. The molecule has 0 unspecified atom stereocenters. The van der Waals surface area contributed by atoms with Gasteiger partial charge in [0.15, 0.2) is 29.1 Å². The fourth-order valence-electron chi connectivity index (χ4n) is 1.18. The van der Waals surface area contributed by atoms with Gasteiger partial charge in [0.1, 0.15) is 5.56 Å². The summed E-state index contributed by atoms with van der Waals surface area (Å²) < 4.78 is 65.3. The average molecular weight is 262 g/mol. The molecule has 18 heavy (non-hydrogen) atoms. The summed E-state index contributed by atoms with van der Waals surface area (Å²) in [6.07, 6.45) is 0. The second kappa shape index (κ2) is 4.24. The van der Waals surface area contributed by atoms with E-state index >= 15 is 0 Å². The highest BCUT2D eigenvalue weighted by molar-refractivity contribution is 5.56. The van der Waals surface area contributed by atoms with E-state index in [4.69, 9.17) is 0 Å². The molecule has 0 aliphatic rings. The Bertz CT molecular complexity index is 584. The van der Waals surface area contributed by atoms with Crippen LogP contribution in [0.5, 0.6) is 0 Å². The summed E-state index contributed by atoms with van der Waals surface area (Å²) in [5, 5.41) is 13.1. The topological polar surface area (TPSA) is 51.6 Å². The van der Waals surface area contributed by atoms with E-state index in [1.54, 1.807) is 0 Å². The van der Waals surface area contributed by atoms with Gasteiger partial charge in [-0.1, -0.05) is 0 Å². The lowest BCUT2D eigenvalue weighted by atomic mass is 10.1. The average Bonchev–Trinajstić information content (AvgIpc) is 2.36.